The van der Waals surface area contributed by atoms with Gasteiger partial charge >= 0.3 is 5.97 Å². The number of hydrogen-bond acceptors (Lipinski definition) is 6. The number of ether oxygens (including phenoxy) is 1. The molecule has 0 aliphatic carbocycles. The van der Waals surface area contributed by atoms with Crippen molar-refractivity contribution >= 4 is 23.7 Å². The molecule has 22 heavy (non-hydrogen) atoms. The zero-order valence-electron chi connectivity index (χ0n) is 12.5. The van der Waals surface area contributed by atoms with Gasteiger partial charge in [-0.2, -0.15) is 10.1 Å². The summed E-state index contributed by atoms with van der Waals surface area (Å²) in [7, 11) is 1.38. The van der Waals surface area contributed by atoms with Gasteiger partial charge in [0.1, 0.15) is 12.4 Å². The van der Waals surface area contributed by atoms with Crippen LogP contribution in [0.4, 0.5) is 5.95 Å². The van der Waals surface area contributed by atoms with Gasteiger partial charge in [-0.3, -0.25) is 0 Å². The lowest BCUT2D eigenvalue weighted by Gasteiger charge is -2.27. The van der Waals surface area contributed by atoms with E-state index in [1.165, 1.54) is 13.4 Å². The molecular weight excluding hydrogens is 300 g/mol. The summed E-state index contributed by atoms with van der Waals surface area (Å²) < 4.78 is 6.65. The molecular formula is C15H16N4O2S. The number of carbonyl (C=O) groups is 1. The first kappa shape index (κ1) is 14.6. The van der Waals surface area contributed by atoms with Gasteiger partial charge in [0, 0.05) is 10.6 Å². The third kappa shape index (κ3) is 2.37. The van der Waals surface area contributed by atoms with E-state index in [1.54, 1.807) is 16.4 Å². The van der Waals surface area contributed by atoms with Crippen molar-refractivity contribution in [2.24, 2.45) is 0 Å². The topological polar surface area (TPSA) is 69.0 Å². The number of carbonyl (C=O) groups excluding carboxylic acids is 1. The van der Waals surface area contributed by atoms with Crippen LogP contribution in [0.2, 0.25) is 0 Å². The lowest BCUT2D eigenvalue weighted by Crippen LogP contribution is -2.29. The highest BCUT2D eigenvalue weighted by molar-refractivity contribution is 7.98. The van der Waals surface area contributed by atoms with Crippen LogP contribution in [0.5, 0.6) is 0 Å². The van der Waals surface area contributed by atoms with Crippen molar-refractivity contribution in [3.05, 3.63) is 47.4 Å². The SMILES string of the molecule is COC(=O)C1=C(C)Nc2ncnn2[C@@H]1c1ccc(SC)cc1. The van der Waals surface area contributed by atoms with E-state index in [0.717, 1.165) is 16.2 Å². The second-order valence-electron chi connectivity index (χ2n) is 4.86. The molecule has 1 aromatic carbocycles. The minimum absolute atomic E-state index is 0.345. The van der Waals surface area contributed by atoms with Crippen LogP contribution in [-0.2, 0) is 9.53 Å². The fourth-order valence-electron chi connectivity index (χ4n) is 2.56. The van der Waals surface area contributed by atoms with E-state index in [0.29, 0.717) is 11.5 Å². The molecule has 0 bridgehead atoms. The highest BCUT2D eigenvalue weighted by Gasteiger charge is 2.33. The van der Waals surface area contributed by atoms with Gasteiger partial charge in [0.25, 0.3) is 0 Å². The number of aromatic nitrogens is 3. The van der Waals surface area contributed by atoms with E-state index < -0.39 is 0 Å². The number of anilines is 1. The van der Waals surface area contributed by atoms with Gasteiger partial charge < -0.3 is 10.1 Å². The van der Waals surface area contributed by atoms with Gasteiger partial charge in [0.2, 0.25) is 5.95 Å². The average molecular weight is 316 g/mol. The molecule has 1 aliphatic heterocycles. The maximum atomic E-state index is 12.2. The highest BCUT2D eigenvalue weighted by atomic mass is 32.2. The standard InChI is InChI=1S/C15H16N4O2S/c1-9-12(14(20)21-2)13(19-15(18-9)16-8-17-19)10-4-6-11(22-3)7-5-10/h4-8,13H,1-3H3,(H,16,17,18)/t13-/m1/s1. The largest absolute Gasteiger partial charge is 0.466 e. The Balaban J connectivity index is 2.13. The fourth-order valence-corrected chi connectivity index (χ4v) is 2.97. The quantitative estimate of drug-likeness (QED) is 0.693. The molecule has 0 unspecified atom stereocenters. The Kier molecular flexibility index (Phi) is 3.89. The predicted molar refractivity (Wildman–Crippen MR) is 84.7 cm³/mol. The molecule has 6 nitrogen and oxygen atoms in total. The van der Waals surface area contributed by atoms with Crippen LogP contribution in [0, 0.1) is 0 Å². The van der Waals surface area contributed by atoms with Crippen molar-refractivity contribution in [2.45, 2.75) is 17.9 Å². The summed E-state index contributed by atoms with van der Waals surface area (Å²) in [6.07, 6.45) is 3.50. The molecule has 1 aliphatic rings. The molecule has 7 heteroatoms. The van der Waals surface area contributed by atoms with Gasteiger partial charge in [0.15, 0.2) is 0 Å². The van der Waals surface area contributed by atoms with Crippen LogP contribution in [0.3, 0.4) is 0 Å². The average Bonchev–Trinajstić information content (AvgIpc) is 3.00. The number of thioether (sulfide) groups is 1. The number of nitrogens with zero attached hydrogens (tertiary/aromatic N) is 3. The number of benzene rings is 1. The van der Waals surface area contributed by atoms with Gasteiger partial charge in [-0.05, 0) is 30.9 Å². The first-order valence-electron chi connectivity index (χ1n) is 6.75. The normalized spacial score (nSPS) is 17.0. The van der Waals surface area contributed by atoms with Crippen molar-refractivity contribution in [2.75, 3.05) is 18.7 Å². The van der Waals surface area contributed by atoms with Gasteiger partial charge in [-0.25, -0.2) is 9.48 Å². The lowest BCUT2D eigenvalue weighted by atomic mass is 9.96. The number of rotatable bonds is 3. The Morgan fingerprint density at radius 3 is 2.73 bits per heavy atom. The van der Waals surface area contributed by atoms with Crippen molar-refractivity contribution in [1.82, 2.24) is 14.8 Å². The molecule has 1 N–H and O–H groups in total. The Morgan fingerprint density at radius 1 is 1.36 bits per heavy atom. The molecule has 2 heterocycles. The van der Waals surface area contributed by atoms with Crippen molar-refractivity contribution in [3.63, 3.8) is 0 Å². The molecule has 0 saturated carbocycles. The summed E-state index contributed by atoms with van der Waals surface area (Å²) in [6, 6.07) is 7.72. The summed E-state index contributed by atoms with van der Waals surface area (Å²) in [5.74, 6) is 0.245. The van der Waals surface area contributed by atoms with Crippen LogP contribution in [0.25, 0.3) is 0 Å². The molecule has 0 radical (unpaired) electrons. The molecule has 0 fully saturated rings. The van der Waals surface area contributed by atoms with Gasteiger partial charge in [0.05, 0.1) is 12.7 Å². The molecule has 0 saturated heterocycles. The smallest absolute Gasteiger partial charge is 0.338 e. The summed E-state index contributed by atoms with van der Waals surface area (Å²) >= 11 is 1.67. The number of fused-ring (bicyclic) bond motifs is 1. The highest BCUT2D eigenvalue weighted by Crippen LogP contribution is 2.35. The van der Waals surface area contributed by atoms with Crippen molar-refractivity contribution < 1.29 is 9.53 Å². The van der Waals surface area contributed by atoms with Crippen LogP contribution in [0.1, 0.15) is 18.5 Å². The predicted octanol–water partition coefficient (Wildman–Crippen LogP) is 2.46. The van der Waals surface area contributed by atoms with E-state index in [4.69, 9.17) is 4.74 Å². The summed E-state index contributed by atoms with van der Waals surface area (Å²) in [6.45, 7) is 1.84. The van der Waals surface area contributed by atoms with Gasteiger partial charge in [-0.1, -0.05) is 12.1 Å². The summed E-state index contributed by atoms with van der Waals surface area (Å²) in [4.78, 5) is 17.6. The monoisotopic (exact) mass is 316 g/mol. The Morgan fingerprint density at radius 2 is 2.09 bits per heavy atom. The summed E-state index contributed by atoms with van der Waals surface area (Å²) in [5.41, 5.74) is 2.23. The van der Waals surface area contributed by atoms with Crippen LogP contribution < -0.4 is 5.32 Å². The number of esters is 1. The van der Waals surface area contributed by atoms with Gasteiger partial charge in [-0.15, -0.1) is 11.8 Å². The summed E-state index contributed by atoms with van der Waals surface area (Å²) in [5, 5.41) is 7.35. The number of nitrogens with one attached hydrogen (secondary N) is 1. The minimum Gasteiger partial charge on any atom is -0.466 e. The second kappa shape index (κ2) is 5.84. The minimum atomic E-state index is -0.370. The lowest BCUT2D eigenvalue weighted by molar-refractivity contribution is -0.136. The van der Waals surface area contributed by atoms with E-state index in [2.05, 4.69) is 15.4 Å². The Labute approximate surface area is 132 Å². The molecule has 1 atom stereocenters. The zero-order chi connectivity index (χ0) is 15.7. The van der Waals surface area contributed by atoms with E-state index >= 15 is 0 Å². The maximum absolute atomic E-state index is 12.2. The Hall–Kier alpha value is -2.28. The molecule has 1 aromatic heterocycles. The van der Waals surface area contributed by atoms with Crippen LogP contribution in [0.15, 0.2) is 46.8 Å². The van der Waals surface area contributed by atoms with E-state index in [1.807, 2.05) is 37.4 Å². The second-order valence-corrected chi connectivity index (χ2v) is 5.74. The number of hydrogen-bond donors (Lipinski definition) is 1. The third-order valence-electron chi connectivity index (χ3n) is 3.63. The third-order valence-corrected chi connectivity index (χ3v) is 4.37. The molecule has 0 amide bonds. The van der Waals surface area contributed by atoms with E-state index in [-0.39, 0.29) is 12.0 Å². The first-order chi connectivity index (χ1) is 10.7. The molecule has 3 rings (SSSR count). The molecule has 0 spiro atoms. The van der Waals surface area contributed by atoms with Crippen LogP contribution >= 0.6 is 11.8 Å². The first-order valence-corrected chi connectivity index (χ1v) is 7.97. The fraction of sp³-hybridized carbons (Fsp3) is 0.267. The van der Waals surface area contributed by atoms with E-state index in [9.17, 15) is 4.79 Å². The van der Waals surface area contributed by atoms with Crippen molar-refractivity contribution in [1.29, 1.82) is 0 Å². The van der Waals surface area contributed by atoms with Crippen molar-refractivity contribution in [3.8, 4) is 0 Å². The number of methoxy groups -OCH3 is 1. The Bertz CT molecular complexity index is 736. The molecule has 114 valence electrons. The maximum Gasteiger partial charge on any atom is 0.338 e. The van der Waals surface area contributed by atoms with Crippen LogP contribution in [-0.4, -0.2) is 34.1 Å². The molecule has 2 aromatic rings. The number of allylic oxidation sites excluding steroid dienone is 1. The zero-order valence-corrected chi connectivity index (χ0v) is 13.3.